The SMILES string of the molecule is COCC(O)CNS(=O)(=O)CCOc1cccc(N)c1. The first-order valence-electron chi connectivity index (χ1n) is 6.05. The van der Waals surface area contributed by atoms with Gasteiger partial charge in [-0.05, 0) is 12.1 Å². The van der Waals surface area contributed by atoms with E-state index in [4.69, 9.17) is 15.2 Å². The van der Waals surface area contributed by atoms with Crippen molar-refractivity contribution in [3.8, 4) is 5.75 Å². The molecule has 0 spiro atoms. The van der Waals surface area contributed by atoms with E-state index >= 15 is 0 Å². The average Bonchev–Trinajstić information content (AvgIpc) is 2.37. The molecule has 0 saturated heterocycles. The van der Waals surface area contributed by atoms with Crippen molar-refractivity contribution in [1.82, 2.24) is 4.72 Å². The monoisotopic (exact) mass is 304 g/mol. The van der Waals surface area contributed by atoms with Gasteiger partial charge < -0.3 is 20.3 Å². The summed E-state index contributed by atoms with van der Waals surface area (Å²) in [5.74, 6) is 0.307. The van der Waals surface area contributed by atoms with Crippen molar-refractivity contribution in [3.63, 3.8) is 0 Å². The Morgan fingerprint density at radius 2 is 2.20 bits per heavy atom. The number of hydrogen-bond donors (Lipinski definition) is 3. The van der Waals surface area contributed by atoms with E-state index in [-0.39, 0.29) is 25.5 Å². The van der Waals surface area contributed by atoms with Crippen LogP contribution in [0.15, 0.2) is 24.3 Å². The van der Waals surface area contributed by atoms with Crippen molar-refractivity contribution in [2.75, 3.05) is 38.4 Å². The van der Waals surface area contributed by atoms with Gasteiger partial charge in [0.15, 0.2) is 0 Å². The first-order chi connectivity index (χ1) is 9.43. The zero-order valence-corrected chi connectivity index (χ0v) is 12.1. The van der Waals surface area contributed by atoms with Crippen LogP contribution in [0.2, 0.25) is 0 Å². The van der Waals surface area contributed by atoms with Crippen LogP contribution in [0.25, 0.3) is 0 Å². The van der Waals surface area contributed by atoms with Crippen LogP contribution in [0.5, 0.6) is 5.75 Å². The van der Waals surface area contributed by atoms with Crippen LogP contribution in [0.4, 0.5) is 5.69 Å². The molecule has 0 aliphatic carbocycles. The lowest BCUT2D eigenvalue weighted by atomic mass is 10.3. The summed E-state index contributed by atoms with van der Waals surface area (Å²) < 4.78 is 35.5. The molecule has 0 bridgehead atoms. The number of methoxy groups -OCH3 is 1. The highest BCUT2D eigenvalue weighted by atomic mass is 32.2. The minimum atomic E-state index is -3.50. The Hall–Kier alpha value is -1.35. The van der Waals surface area contributed by atoms with Crippen LogP contribution in [0.1, 0.15) is 0 Å². The number of aliphatic hydroxyl groups excluding tert-OH is 1. The number of nitrogen functional groups attached to an aromatic ring is 1. The van der Waals surface area contributed by atoms with Gasteiger partial charge in [-0.15, -0.1) is 0 Å². The molecule has 0 amide bonds. The lowest BCUT2D eigenvalue weighted by molar-refractivity contribution is 0.0679. The van der Waals surface area contributed by atoms with E-state index in [1.807, 2.05) is 0 Å². The van der Waals surface area contributed by atoms with E-state index in [9.17, 15) is 13.5 Å². The number of benzene rings is 1. The van der Waals surface area contributed by atoms with Crippen molar-refractivity contribution in [2.45, 2.75) is 6.10 Å². The van der Waals surface area contributed by atoms with Crippen LogP contribution in [-0.2, 0) is 14.8 Å². The van der Waals surface area contributed by atoms with Crippen LogP contribution >= 0.6 is 0 Å². The van der Waals surface area contributed by atoms with Crippen LogP contribution < -0.4 is 15.2 Å². The fraction of sp³-hybridized carbons (Fsp3) is 0.500. The van der Waals surface area contributed by atoms with Gasteiger partial charge in [0.1, 0.15) is 12.4 Å². The Morgan fingerprint density at radius 1 is 1.45 bits per heavy atom. The second-order valence-electron chi connectivity index (χ2n) is 4.20. The highest BCUT2D eigenvalue weighted by Gasteiger charge is 2.13. The second-order valence-corrected chi connectivity index (χ2v) is 6.12. The zero-order chi connectivity index (χ0) is 15.0. The summed E-state index contributed by atoms with van der Waals surface area (Å²) in [5.41, 5.74) is 6.12. The van der Waals surface area contributed by atoms with Gasteiger partial charge >= 0.3 is 0 Å². The number of ether oxygens (including phenoxy) is 2. The van der Waals surface area contributed by atoms with Crippen molar-refractivity contribution in [2.24, 2.45) is 0 Å². The molecule has 1 aromatic carbocycles. The smallest absolute Gasteiger partial charge is 0.215 e. The normalized spacial score (nSPS) is 13.1. The van der Waals surface area contributed by atoms with E-state index in [1.165, 1.54) is 7.11 Å². The first-order valence-corrected chi connectivity index (χ1v) is 7.71. The van der Waals surface area contributed by atoms with Crippen molar-refractivity contribution >= 4 is 15.7 Å². The molecule has 20 heavy (non-hydrogen) atoms. The van der Waals surface area contributed by atoms with Gasteiger partial charge in [0.25, 0.3) is 0 Å². The average molecular weight is 304 g/mol. The molecule has 0 fully saturated rings. The Labute approximate surface area is 118 Å². The summed E-state index contributed by atoms with van der Waals surface area (Å²) in [6.07, 6.45) is -0.871. The number of rotatable bonds is 9. The molecular formula is C12H20N2O5S. The summed E-state index contributed by atoms with van der Waals surface area (Å²) in [7, 11) is -2.07. The third-order valence-corrected chi connectivity index (χ3v) is 3.69. The molecule has 0 radical (unpaired) electrons. The molecular weight excluding hydrogens is 284 g/mol. The maximum Gasteiger partial charge on any atom is 0.215 e. The number of nitrogens with one attached hydrogen (secondary N) is 1. The second kappa shape index (κ2) is 8.05. The van der Waals surface area contributed by atoms with Crippen molar-refractivity contribution < 1.29 is 23.0 Å². The van der Waals surface area contributed by atoms with E-state index < -0.39 is 16.1 Å². The Morgan fingerprint density at radius 3 is 2.85 bits per heavy atom. The molecule has 7 nitrogen and oxygen atoms in total. The quantitative estimate of drug-likeness (QED) is 0.534. The molecule has 0 heterocycles. The maximum absolute atomic E-state index is 11.6. The Bertz CT molecular complexity index is 506. The van der Waals surface area contributed by atoms with E-state index in [0.717, 1.165) is 0 Å². The van der Waals surface area contributed by atoms with Gasteiger partial charge in [0.05, 0.1) is 18.5 Å². The summed E-state index contributed by atoms with van der Waals surface area (Å²) >= 11 is 0. The lowest BCUT2D eigenvalue weighted by Gasteiger charge is -2.12. The highest BCUT2D eigenvalue weighted by molar-refractivity contribution is 7.89. The lowest BCUT2D eigenvalue weighted by Crippen LogP contribution is -2.36. The highest BCUT2D eigenvalue weighted by Crippen LogP contribution is 2.14. The molecule has 1 unspecified atom stereocenters. The third kappa shape index (κ3) is 6.71. The maximum atomic E-state index is 11.6. The standard InChI is InChI=1S/C12H20N2O5S/c1-18-9-11(15)8-14-20(16,17)6-5-19-12-4-2-3-10(13)7-12/h2-4,7,11,14-15H,5-6,8-9,13H2,1H3. The predicted octanol–water partition coefficient (Wildman–Crippen LogP) is -0.426. The molecule has 1 aromatic rings. The first kappa shape index (κ1) is 16.7. The van der Waals surface area contributed by atoms with Gasteiger partial charge in [-0.3, -0.25) is 0 Å². The topological polar surface area (TPSA) is 111 Å². The van der Waals surface area contributed by atoms with Crippen LogP contribution in [0, 0.1) is 0 Å². The molecule has 0 aliphatic heterocycles. The number of aliphatic hydroxyl groups is 1. The fourth-order valence-electron chi connectivity index (χ4n) is 1.42. The van der Waals surface area contributed by atoms with Crippen LogP contribution in [-0.4, -0.2) is 52.2 Å². The van der Waals surface area contributed by atoms with Gasteiger partial charge in [0.2, 0.25) is 10.0 Å². The Balaban J connectivity index is 2.32. The van der Waals surface area contributed by atoms with E-state index in [0.29, 0.717) is 11.4 Å². The molecule has 0 aliphatic rings. The predicted molar refractivity (Wildman–Crippen MR) is 76.0 cm³/mol. The molecule has 0 aromatic heterocycles. The number of sulfonamides is 1. The summed E-state index contributed by atoms with van der Waals surface area (Å²) in [5, 5.41) is 9.35. The third-order valence-electron chi connectivity index (χ3n) is 2.38. The van der Waals surface area contributed by atoms with Gasteiger partial charge in [-0.2, -0.15) is 0 Å². The zero-order valence-electron chi connectivity index (χ0n) is 11.3. The van der Waals surface area contributed by atoms with Crippen molar-refractivity contribution in [1.29, 1.82) is 0 Å². The minimum absolute atomic E-state index is 0.000834. The molecule has 8 heteroatoms. The summed E-state index contributed by atoms with van der Waals surface area (Å²) in [6, 6.07) is 6.74. The van der Waals surface area contributed by atoms with Gasteiger partial charge in [0, 0.05) is 25.4 Å². The van der Waals surface area contributed by atoms with Gasteiger partial charge in [-0.1, -0.05) is 6.07 Å². The van der Waals surface area contributed by atoms with Gasteiger partial charge in [-0.25, -0.2) is 13.1 Å². The van der Waals surface area contributed by atoms with E-state index in [1.54, 1.807) is 24.3 Å². The fourth-order valence-corrected chi connectivity index (χ4v) is 2.31. The molecule has 4 N–H and O–H groups in total. The minimum Gasteiger partial charge on any atom is -0.492 e. The molecule has 1 rings (SSSR count). The van der Waals surface area contributed by atoms with E-state index in [2.05, 4.69) is 4.72 Å². The Kier molecular flexibility index (Phi) is 6.73. The number of hydrogen-bond acceptors (Lipinski definition) is 6. The van der Waals surface area contributed by atoms with Crippen molar-refractivity contribution in [3.05, 3.63) is 24.3 Å². The molecule has 114 valence electrons. The number of nitrogens with two attached hydrogens (primary N) is 1. The summed E-state index contributed by atoms with van der Waals surface area (Å²) in [4.78, 5) is 0. The van der Waals surface area contributed by atoms with Crippen LogP contribution in [0.3, 0.4) is 0 Å². The summed E-state index contributed by atoms with van der Waals surface area (Å²) in [6.45, 7) is -0.0179. The molecule has 0 saturated carbocycles. The largest absolute Gasteiger partial charge is 0.492 e. The molecule has 1 atom stereocenters. The number of anilines is 1.